The van der Waals surface area contributed by atoms with Crippen LogP contribution in [-0.2, 0) is 13.8 Å². The van der Waals surface area contributed by atoms with E-state index >= 15 is 0 Å². The summed E-state index contributed by atoms with van der Waals surface area (Å²) in [6, 6.07) is 1.02. The molecule has 0 radical (unpaired) electrons. The Morgan fingerprint density at radius 1 is 1.16 bits per heavy atom. The number of H-pyrrole nitrogens is 1. The number of hydrogen-bond donors (Lipinski definition) is 5. The second-order valence-electron chi connectivity index (χ2n) is 4.35. The fraction of sp³-hybridized carbons (Fsp3) is 0.556. The molecule has 0 amide bonds. The molecular formula is C9H17N2Na4O9P. The average Bonchev–Trinajstić information content (AvgIpc) is 2.64. The molecular weight excluding hydrogens is 403 g/mol. The van der Waals surface area contributed by atoms with E-state index in [9.17, 15) is 24.4 Å². The molecule has 1 aliphatic rings. The summed E-state index contributed by atoms with van der Waals surface area (Å²) in [5.41, 5.74) is -1.51. The molecule has 0 saturated carbocycles. The van der Waals surface area contributed by atoms with Crippen molar-refractivity contribution < 1.29 is 33.8 Å². The molecule has 16 heteroatoms. The van der Waals surface area contributed by atoms with E-state index in [1.807, 2.05) is 4.98 Å². The first kappa shape index (κ1) is 32.3. The van der Waals surface area contributed by atoms with E-state index in [4.69, 9.17) is 14.5 Å². The molecule has 11 nitrogen and oxygen atoms in total. The molecule has 0 unspecified atom stereocenters. The van der Waals surface area contributed by atoms with Gasteiger partial charge in [0.1, 0.15) is 18.3 Å². The maximum absolute atomic E-state index is 11.6. The Morgan fingerprint density at radius 3 is 2.20 bits per heavy atom. The SMILES string of the molecule is O=c1ccn([C@@H]2O[C@H](COP(=O)(O)O)[C@@H](O)[C@H]2O)c(=O)[nH]1.[NaH].[NaH].[NaH].[NaH]. The van der Waals surface area contributed by atoms with Gasteiger partial charge in [0.05, 0.1) is 6.61 Å². The van der Waals surface area contributed by atoms with Crippen LogP contribution < -0.4 is 11.2 Å². The third-order valence-corrected chi connectivity index (χ3v) is 3.35. The van der Waals surface area contributed by atoms with Crippen LogP contribution in [0.5, 0.6) is 0 Å². The first-order chi connectivity index (χ1) is 9.69. The van der Waals surface area contributed by atoms with Crippen molar-refractivity contribution in [2.24, 2.45) is 0 Å². The minimum absolute atomic E-state index is 0. The molecule has 1 aromatic heterocycles. The summed E-state index contributed by atoms with van der Waals surface area (Å²) in [4.78, 5) is 41.6. The quantitative estimate of drug-likeness (QED) is 0.236. The molecule has 1 aromatic rings. The molecule has 126 valence electrons. The van der Waals surface area contributed by atoms with E-state index in [2.05, 4.69) is 4.52 Å². The van der Waals surface area contributed by atoms with Gasteiger partial charge in [-0.25, -0.2) is 9.36 Å². The Bertz CT molecular complexity index is 680. The topological polar surface area (TPSA) is 171 Å². The zero-order chi connectivity index (χ0) is 15.8. The first-order valence-electron chi connectivity index (χ1n) is 5.72. The summed E-state index contributed by atoms with van der Waals surface area (Å²) >= 11 is 0. The molecule has 2 rings (SSSR count). The number of phosphoric acid groups is 1. The van der Waals surface area contributed by atoms with E-state index in [0.717, 1.165) is 16.8 Å². The summed E-state index contributed by atoms with van der Waals surface area (Å²) in [6.07, 6.45) is -4.58. The van der Waals surface area contributed by atoms with Crippen LogP contribution in [0.4, 0.5) is 0 Å². The number of aliphatic hydroxyl groups excluding tert-OH is 2. The normalized spacial score (nSPS) is 25.0. The van der Waals surface area contributed by atoms with Crippen molar-refractivity contribution in [2.75, 3.05) is 6.61 Å². The van der Waals surface area contributed by atoms with Crippen molar-refractivity contribution in [1.29, 1.82) is 0 Å². The molecule has 25 heavy (non-hydrogen) atoms. The van der Waals surface area contributed by atoms with Crippen molar-refractivity contribution in [3.05, 3.63) is 33.1 Å². The number of nitrogens with zero attached hydrogens (tertiary/aromatic N) is 1. The van der Waals surface area contributed by atoms with Crippen LogP contribution in [0.3, 0.4) is 0 Å². The maximum atomic E-state index is 11.6. The first-order valence-corrected chi connectivity index (χ1v) is 7.25. The second-order valence-corrected chi connectivity index (χ2v) is 5.59. The van der Waals surface area contributed by atoms with Crippen molar-refractivity contribution in [1.82, 2.24) is 9.55 Å². The summed E-state index contributed by atoms with van der Waals surface area (Å²) < 4.78 is 20.8. The molecule has 0 aromatic carbocycles. The van der Waals surface area contributed by atoms with Crippen LogP contribution in [0.25, 0.3) is 0 Å². The van der Waals surface area contributed by atoms with Gasteiger partial charge in [-0.2, -0.15) is 0 Å². The van der Waals surface area contributed by atoms with Crippen LogP contribution >= 0.6 is 7.82 Å². The van der Waals surface area contributed by atoms with Crippen molar-refractivity contribution >= 4 is 126 Å². The third kappa shape index (κ3) is 9.35. The molecule has 1 saturated heterocycles. The average molecular weight is 420 g/mol. The van der Waals surface area contributed by atoms with Crippen LogP contribution in [0, 0.1) is 0 Å². The van der Waals surface area contributed by atoms with Gasteiger partial charge in [0, 0.05) is 12.3 Å². The number of nitrogens with one attached hydrogen (secondary N) is 1. The predicted molar refractivity (Wildman–Crippen MR) is 93.8 cm³/mol. The summed E-state index contributed by atoms with van der Waals surface area (Å²) in [5, 5.41) is 19.6. The summed E-state index contributed by atoms with van der Waals surface area (Å²) in [5.74, 6) is 0. The number of aromatic nitrogens is 2. The Balaban J connectivity index is -0.00000121. The number of rotatable bonds is 4. The number of phosphoric ester groups is 1. The van der Waals surface area contributed by atoms with Gasteiger partial charge in [-0.15, -0.1) is 0 Å². The Kier molecular flexibility index (Phi) is 17.9. The fourth-order valence-corrected chi connectivity index (χ4v) is 2.24. The van der Waals surface area contributed by atoms with E-state index in [-0.39, 0.29) is 118 Å². The number of ether oxygens (including phenoxy) is 1. The summed E-state index contributed by atoms with van der Waals surface area (Å²) in [6.45, 7) is -0.683. The third-order valence-electron chi connectivity index (χ3n) is 2.87. The molecule has 2 heterocycles. The monoisotopic (exact) mass is 420 g/mol. The van der Waals surface area contributed by atoms with Gasteiger partial charge < -0.3 is 24.7 Å². The van der Waals surface area contributed by atoms with Crippen molar-refractivity contribution in [2.45, 2.75) is 24.5 Å². The van der Waals surface area contributed by atoms with Gasteiger partial charge in [0.15, 0.2) is 6.23 Å². The number of aromatic amines is 1. The molecule has 0 spiro atoms. The van der Waals surface area contributed by atoms with E-state index in [1.165, 1.54) is 0 Å². The zero-order valence-corrected chi connectivity index (χ0v) is 11.3. The van der Waals surface area contributed by atoms with Crippen LogP contribution in [-0.4, -0.2) is 173 Å². The Hall–Kier alpha value is 2.67. The van der Waals surface area contributed by atoms with Gasteiger partial charge in [-0.05, 0) is 0 Å². The molecule has 4 atom stereocenters. The van der Waals surface area contributed by atoms with Crippen LogP contribution in [0.2, 0.25) is 0 Å². The van der Waals surface area contributed by atoms with Crippen LogP contribution in [0.1, 0.15) is 6.23 Å². The van der Waals surface area contributed by atoms with Gasteiger partial charge in [-0.1, -0.05) is 0 Å². The predicted octanol–water partition coefficient (Wildman–Crippen LogP) is -5.33. The van der Waals surface area contributed by atoms with Crippen molar-refractivity contribution in [3.63, 3.8) is 0 Å². The van der Waals surface area contributed by atoms with E-state index in [1.54, 1.807) is 0 Å². The number of aliphatic hydroxyl groups is 2. The number of hydrogen-bond acceptors (Lipinski definition) is 7. The van der Waals surface area contributed by atoms with Crippen LogP contribution in [0.15, 0.2) is 21.9 Å². The van der Waals surface area contributed by atoms with Crippen molar-refractivity contribution in [3.8, 4) is 0 Å². The standard InChI is InChI=1S/C9H13N2O9P.4Na.4H/c12-5-1-2-11(9(15)10-5)8-7(14)6(13)4(20-8)3-19-21(16,17)18;;;;;;;;/h1-2,4,6-8,13-14H,3H2,(H,10,12,15)(H2,16,17,18);;;;;;;;/t4-,6-,7-,8-;;;;;;;;/m1......../s1. The molecule has 0 bridgehead atoms. The van der Waals surface area contributed by atoms with Gasteiger partial charge in [0.25, 0.3) is 5.56 Å². The summed E-state index contributed by atoms with van der Waals surface area (Å²) in [7, 11) is -4.76. The fourth-order valence-electron chi connectivity index (χ4n) is 1.89. The molecule has 1 fully saturated rings. The molecule has 5 N–H and O–H groups in total. The van der Waals surface area contributed by atoms with Gasteiger partial charge in [0.2, 0.25) is 0 Å². The van der Waals surface area contributed by atoms with Gasteiger partial charge >= 0.3 is 132 Å². The Morgan fingerprint density at radius 2 is 1.72 bits per heavy atom. The van der Waals surface area contributed by atoms with E-state index < -0.39 is 50.2 Å². The van der Waals surface area contributed by atoms with E-state index in [0.29, 0.717) is 0 Å². The van der Waals surface area contributed by atoms with Gasteiger partial charge in [-0.3, -0.25) is 18.9 Å². The molecule has 1 aliphatic heterocycles. The molecule has 0 aliphatic carbocycles. The minimum atomic E-state index is -4.76. The zero-order valence-electron chi connectivity index (χ0n) is 10.4. The Labute approximate surface area is 230 Å². The second kappa shape index (κ2) is 13.8.